The van der Waals surface area contributed by atoms with Crippen LogP contribution in [0.15, 0.2) is 0 Å². The van der Waals surface area contributed by atoms with Crippen LogP contribution in [-0.4, -0.2) is 49.1 Å². The minimum absolute atomic E-state index is 0.0208. The first-order chi connectivity index (χ1) is 8.73. The van der Waals surface area contributed by atoms with Gasteiger partial charge in [0.1, 0.15) is 0 Å². The minimum atomic E-state index is -0.211. The lowest BCUT2D eigenvalue weighted by Gasteiger charge is -2.30. The largest absolute Gasteiger partial charge is 0.469 e. The molecule has 1 unspecified atom stereocenters. The fourth-order valence-electron chi connectivity index (χ4n) is 1.50. The first kappa shape index (κ1) is 17.9. The van der Waals surface area contributed by atoms with E-state index in [9.17, 15) is 9.59 Å². The number of rotatable bonds is 8. The van der Waals surface area contributed by atoms with E-state index in [1.54, 1.807) is 0 Å². The molecule has 0 aliphatic rings. The van der Waals surface area contributed by atoms with Crippen molar-refractivity contribution in [1.82, 2.24) is 10.2 Å². The molecule has 0 rings (SSSR count). The van der Waals surface area contributed by atoms with Crippen LogP contribution in [-0.2, 0) is 14.3 Å². The van der Waals surface area contributed by atoms with E-state index in [2.05, 4.69) is 10.1 Å². The van der Waals surface area contributed by atoms with Crippen LogP contribution in [0.25, 0.3) is 0 Å². The normalized spacial score (nSPS) is 13.2. The summed E-state index contributed by atoms with van der Waals surface area (Å²) in [5, 5.41) is 3.02. The molecule has 0 aromatic heterocycles. The van der Waals surface area contributed by atoms with Crippen LogP contribution in [0.5, 0.6) is 0 Å². The lowest BCUT2D eigenvalue weighted by Crippen LogP contribution is -2.51. The highest BCUT2D eigenvalue weighted by molar-refractivity contribution is 5.81. The van der Waals surface area contributed by atoms with Gasteiger partial charge in [-0.15, -0.1) is 0 Å². The topological polar surface area (TPSA) is 58.6 Å². The Morgan fingerprint density at radius 1 is 1.37 bits per heavy atom. The van der Waals surface area contributed by atoms with E-state index >= 15 is 0 Å². The number of hydrogen-bond donors (Lipinski definition) is 1. The molecule has 1 amide bonds. The second kappa shape index (κ2) is 8.15. The van der Waals surface area contributed by atoms with Crippen molar-refractivity contribution in [1.29, 1.82) is 0 Å². The smallest absolute Gasteiger partial charge is 0.305 e. The van der Waals surface area contributed by atoms with Gasteiger partial charge in [0.2, 0.25) is 5.91 Å². The lowest BCUT2D eigenvalue weighted by molar-refractivity contribution is -0.140. The molecular weight excluding hydrogens is 244 g/mol. The summed E-state index contributed by atoms with van der Waals surface area (Å²) in [6.45, 7) is 8.63. The van der Waals surface area contributed by atoms with Crippen molar-refractivity contribution < 1.29 is 14.3 Å². The summed E-state index contributed by atoms with van der Waals surface area (Å²) >= 11 is 0. The molecule has 1 atom stereocenters. The highest BCUT2D eigenvalue weighted by Gasteiger charge is 2.24. The van der Waals surface area contributed by atoms with E-state index in [0.29, 0.717) is 19.4 Å². The predicted octanol–water partition coefficient (Wildman–Crippen LogP) is 1.56. The van der Waals surface area contributed by atoms with E-state index in [1.165, 1.54) is 7.11 Å². The summed E-state index contributed by atoms with van der Waals surface area (Å²) < 4.78 is 4.58. The second-order valence-electron chi connectivity index (χ2n) is 5.56. The summed E-state index contributed by atoms with van der Waals surface area (Å²) in [5.74, 6) is -0.190. The number of likely N-dealkylation sites (N-methyl/N-ethyl adjacent to an activating group) is 1. The maximum absolute atomic E-state index is 12.1. The van der Waals surface area contributed by atoms with Gasteiger partial charge in [0.15, 0.2) is 0 Å². The molecule has 19 heavy (non-hydrogen) atoms. The van der Waals surface area contributed by atoms with Gasteiger partial charge in [-0.2, -0.15) is 0 Å². The van der Waals surface area contributed by atoms with Crippen LogP contribution in [0.1, 0.15) is 47.0 Å². The molecule has 112 valence electrons. The predicted molar refractivity (Wildman–Crippen MR) is 75.9 cm³/mol. The molecule has 0 fully saturated rings. The Kier molecular flexibility index (Phi) is 7.68. The van der Waals surface area contributed by atoms with Gasteiger partial charge in [0, 0.05) is 12.0 Å². The quantitative estimate of drug-likeness (QED) is 0.681. The lowest BCUT2D eigenvalue weighted by atomic mass is 10.0. The second-order valence-corrected chi connectivity index (χ2v) is 5.56. The van der Waals surface area contributed by atoms with Crippen LogP contribution in [0.2, 0.25) is 0 Å². The van der Waals surface area contributed by atoms with Gasteiger partial charge < -0.3 is 10.1 Å². The number of amides is 1. The molecule has 0 radical (unpaired) electrons. The van der Waals surface area contributed by atoms with Gasteiger partial charge in [-0.05, 0) is 47.2 Å². The number of methoxy groups -OCH3 is 1. The maximum Gasteiger partial charge on any atom is 0.305 e. The average Bonchev–Trinajstić information content (AvgIpc) is 2.36. The molecule has 0 aromatic carbocycles. The third kappa shape index (κ3) is 7.15. The summed E-state index contributed by atoms with van der Waals surface area (Å²) in [5.41, 5.74) is -0.182. The van der Waals surface area contributed by atoms with E-state index in [-0.39, 0.29) is 23.5 Å². The molecule has 0 saturated heterocycles. The van der Waals surface area contributed by atoms with E-state index in [4.69, 9.17) is 0 Å². The van der Waals surface area contributed by atoms with Gasteiger partial charge in [-0.25, -0.2) is 0 Å². The maximum atomic E-state index is 12.1. The minimum Gasteiger partial charge on any atom is -0.469 e. The molecular formula is C14H28N2O3. The number of nitrogens with one attached hydrogen (secondary N) is 1. The fraction of sp³-hybridized carbons (Fsp3) is 0.857. The molecule has 0 aromatic rings. The van der Waals surface area contributed by atoms with Crippen molar-refractivity contribution in [3.8, 4) is 0 Å². The molecule has 1 N–H and O–H groups in total. The molecule has 0 aliphatic carbocycles. The summed E-state index contributed by atoms with van der Waals surface area (Å²) in [4.78, 5) is 25.0. The van der Waals surface area contributed by atoms with Gasteiger partial charge in [-0.3, -0.25) is 14.5 Å². The number of nitrogens with zero attached hydrogens (tertiary/aromatic N) is 1. The molecule has 5 nitrogen and oxygen atoms in total. The number of carbonyl (C=O) groups excluding carboxylic acids is 2. The summed E-state index contributed by atoms with van der Waals surface area (Å²) in [7, 11) is 3.27. The Balaban J connectivity index is 4.14. The molecule has 0 saturated carbocycles. The van der Waals surface area contributed by atoms with Crippen molar-refractivity contribution in [3.05, 3.63) is 0 Å². The molecule has 0 heterocycles. The fourth-order valence-corrected chi connectivity index (χ4v) is 1.50. The Morgan fingerprint density at radius 2 is 1.95 bits per heavy atom. The molecule has 0 spiro atoms. The number of hydrogen-bond acceptors (Lipinski definition) is 4. The first-order valence-corrected chi connectivity index (χ1v) is 6.82. The number of carbonyl (C=O) groups is 2. The number of ether oxygens (including phenoxy) is 1. The van der Waals surface area contributed by atoms with Gasteiger partial charge >= 0.3 is 5.97 Å². The van der Waals surface area contributed by atoms with Crippen LogP contribution >= 0.6 is 0 Å². The summed E-state index contributed by atoms with van der Waals surface area (Å²) in [6, 6.07) is -0.205. The van der Waals surface area contributed by atoms with E-state index in [0.717, 1.165) is 6.42 Å². The highest BCUT2D eigenvalue weighted by Crippen LogP contribution is 2.08. The van der Waals surface area contributed by atoms with E-state index < -0.39 is 0 Å². The van der Waals surface area contributed by atoms with Crippen molar-refractivity contribution >= 4 is 11.9 Å². The molecule has 0 bridgehead atoms. The molecule has 5 heteroatoms. The Labute approximate surface area is 116 Å². The van der Waals surface area contributed by atoms with Crippen molar-refractivity contribution in [2.24, 2.45) is 0 Å². The summed E-state index contributed by atoms with van der Waals surface area (Å²) in [6.07, 6.45) is 1.96. The van der Waals surface area contributed by atoms with Crippen LogP contribution in [0, 0.1) is 0 Å². The van der Waals surface area contributed by atoms with Crippen LogP contribution in [0.3, 0.4) is 0 Å². The van der Waals surface area contributed by atoms with Gasteiger partial charge in [0.25, 0.3) is 0 Å². The van der Waals surface area contributed by atoms with Crippen LogP contribution < -0.4 is 5.32 Å². The SMILES string of the molecule is CCC(C)(C)NC(=O)C(C)N(C)CCCC(=O)OC. The first-order valence-electron chi connectivity index (χ1n) is 6.82. The van der Waals surface area contributed by atoms with Gasteiger partial charge in [0.05, 0.1) is 13.2 Å². The van der Waals surface area contributed by atoms with E-state index in [1.807, 2.05) is 39.6 Å². The third-order valence-electron chi connectivity index (χ3n) is 3.51. The van der Waals surface area contributed by atoms with Crippen molar-refractivity contribution in [3.63, 3.8) is 0 Å². The van der Waals surface area contributed by atoms with Gasteiger partial charge in [-0.1, -0.05) is 6.92 Å². The zero-order valence-corrected chi connectivity index (χ0v) is 13.1. The zero-order chi connectivity index (χ0) is 15.1. The molecule has 0 aliphatic heterocycles. The number of esters is 1. The van der Waals surface area contributed by atoms with Crippen LogP contribution in [0.4, 0.5) is 0 Å². The third-order valence-corrected chi connectivity index (χ3v) is 3.51. The highest BCUT2D eigenvalue weighted by atomic mass is 16.5. The standard InChI is InChI=1S/C14H28N2O3/c1-7-14(3,4)15-13(18)11(2)16(5)10-8-9-12(17)19-6/h11H,7-10H2,1-6H3,(H,15,18). The Hall–Kier alpha value is -1.10. The van der Waals surface area contributed by atoms with Crippen molar-refractivity contribution in [2.75, 3.05) is 20.7 Å². The zero-order valence-electron chi connectivity index (χ0n) is 13.1. The average molecular weight is 272 g/mol. The Morgan fingerprint density at radius 3 is 2.42 bits per heavy atom. The monoisotopic (exact) mass is 272 g/mol. The van der Waals surface area contributed by atoms with Crippen molar-refractivity contribution in [2.45, 2.75) is 58.5 Å². The Bertz CT molecular complexity index is 303.